The van der Waals surface area contributed by atoms with Crippen LogP contribution in [0.15, 0.2) is 23.3 Å². The Morgan fingerprint density at radius 2 is 2.10 bits per heavy atom. The normalized spacial score (nSPS) is 15.9. The zero-order valence-electron chi connectivity index (χ0n) is 18.2. The monoisotopic (exact) mass is 407 g/mol. The molecular weight excluding hydrogens is 373 g/mol. The number of hydrogen-bond donors (Lipinski definition) is 1. The van der Waals surface area contributed by atoms with E-state index >= 15 is 0 Å². The molecule has 1 saturated heterocycles. The van der Waals surface area contributed by atoms with E-state index in [0.29, 0.717) is 31.2 Å². The highest BCUT2D eigenvalue weighted by Crippen LogP contribution is 2.20. The molecule has 29 heavy (non-hydrogen) atoms. The van der Waals surface area contributed by atoms with Gasteiger partial charge in [0, 0.05) is 39.4 Å². The van der Waals surface area contributed by atoms with Crippen LogP contribution in [0.1, 0.15) is 46.2 Å². The lowest BCUT2D eigenvalue weighted by atomic mass is 9.96. The molecule has 1 aliphatic heterocycles. The molecule has 1 aliphatic rings. The van der Waals surface area contributed by atoms with Gasteiger partial charge in [0.2, 0.25) is 0 Å². The van der Waals surface area contributed by atoms with Crippen LogP contribution in [0.4, 0.5) is 9.18 Å². The average molecular weight is 408 g/mol. The van der Waals surface area contributed by atoms with Crippen LogP contribution in [0.3, 0.4) is 0 Å². The molecule has 1 amide bonds. The number of rotatable bonds is 5. The number of aromatic nitrogens is 1. The van der Waals surface area contributed by atoms with Crippen molar-refractivity contribution in [2.75, 3.05) is 33.2 Å². The first-order valence-electron chi connectivity index (χ1n) is 10.3. The van der Waals surface area contributed by atoms with Crippen LogP contribution in [0.25, 0.3) is 0 Å². The van der Waals surface area contributed by atoms with E-state index < -0.39 is 5.60 Å². The number of guanidine groups is 1. The smallest absolute Gasteiger partial charge is 0.410 e. The topological polar surface area (TPSA) is 70.1 Å². The highest BCUT2D eigenvalue weighted by Gasteiger charge is 2.27. The molecular formula is C21H34FN5O2. The Labute approximate surface area is 173 Å². The van der Waals surface area contributed by atoms with Crippen molar-refractivity contribution in [3.8, 4) is 0 Å². The second-order valence-electron chi connectivity index (χ2n) is 8.28. The van der Waals surface area contributed by atoms with E-state index in [-0.39, 0.29) is 11.9 Å². The lowest BCUT2D eigenvalue weighted by Gasteiger charge is -2.36. The van der Waals surface area contributed by atoms with Gasteiger partial charge in [-0.2, -0.15) is 0 Å². The predicted molar refractivity (Wildman–Crippen MR) is 112 cm³/mol. The number of aliphatic imine (C=N–C) groups is 1. The van der Waals surface area contributed by atoms with Gasteiger partial charge in [-0.15, -0.1) is 0 Å². The van der Waals surface area contributed by atoms with Crippen molar-refractivity contribution in [1.82, 2.24) is 20.1 Å². The Bertz CT molecular complexity index is 697. The molecule has 0 saturated carbocycles. The van der Waals surface area contributed by atoms with Crippen molar-refractivity contribution >= 4 is 12.1 Å². The van der Waals surface area contributed by atoms with Gasteiger partial charge in [0.05, 0.1) is 12.2 Å². The van der Waals surface area contributed by atoms with E-state index in [4.69, 9.17) is 4.74 Å². The van der Waals surface area contributed by atoms with E-state index in [1.165, 1.54) is 6.07 Å². The molecule has 1 fully saturated rings. The molecule has 1 N–H and O–H groups in total. The molecule has 2 heterocycles. The van der Waals surface area contributed by atoms with Crippen molar-refractivity contribution in [2.24, 2.45) is 10.9 Å². The number of ether oxygens (including phenoxy) is 1. The van der Waals surface area contributed by atoms with Gasteiger partial charge in [0.15, 0.2) is 5.96 Å². The zero-order valence-corrected chi connectivity index (χ0v) is 18.2. The highest BCUT2D eigenvalue weighted by atomic mass is 19.1. The van der Waals surface area contributed by atoms with Gasteiger partial charge in [-0.1, -0.05) is 0 Å². The number of hydrogen-bond acceptors (Lipinski definition) is 4. The molecule has 162 valence electrons. The van der Waals surface area contributed by atoms with Gasteiger partial charge in [-0.05, 0) is 58.6 Å². The maximum atomic E-state index is 13.8. The van der Waals surface area contributed by atoms with Crippen molar-refractivity contribution in [3.63, 3.8) is 0 Å². The van der Waals surface area contributed by atoms with E-state index in [0.717, 1.165) is 31.9 Å². The standard InChI is InChI=1S/C21H34FN5O2/c1-6-26(20(28)29-21(2,3)4)15-16-9-12-27(13-10-16)19(23-5)25-14-18-17(22)8-7-11-24-18/h7-8,11,16H,6,9-10,12-15H2,1-5H3,(H,23,25). The SMILES string of the molecule is CCN(CC1CCN(C(=NC)NCc2ncccc2F)CC1)C(=O)OC(C)(C)C. The van der Waals surface area contributed by atoms with Gasteiger partial charge < -0.3 is 19.9 Å². The fourth-order valence-electron chi connectivity index (χ4n) is 3.34. The summed E-state index contributed by atoms with van der Waals surface area (Å²) >= 11 is 0. The zero-order chi connectivity index (χ0) is 21.4. The average Bonchev–Trinajstić information content (AvgIpc) is 2.67. The molecule has 1 aromatic rings. The highest BCUT2D eigenvalue weighted by molar-refractivity contribution is 5.79. The molecule has 0 spiro atoms. The van der Waals surface area contributed by atoms with Crippen LogP contribution in [-0.2, 0) is 11.3 Å². The molecule has 0 aliphatic carbocycles. The Kier molecular flexibility index (Phi) is 8.22. The number of amides is 1. The summed E-state index contributed by atoms with van der Waals surface area (Å²) < 4.78 is 19.3. The number of likely N-dealkylation sites (tertiary alicyclic amines) is 1. The van der Waals surface area contributed by atoms with Gasteiger partial charge in [0.1, 0.15) is 11.4 Å². The lowest BCUT2D eigenvalue weighted by Crippen LogP contribution is -2.47. The lowest BCUT2D eigenvalue weighted by molar-refractivity contribution is 0.0214. The largest absolute Gasteiger partial charge is 0.444 e. The Balaban J connectivity index is 1.83. The number of pyridine rings is 1. The van der Waals surface area contributed by atoms with E-state index in [1.54, 1.807) is 24.2 Å². The van der Waals surface area contributed by atoms with Crippen LogP contribution >= 0.6 is 0 Å². The summed E-state index contributed by atoms with van der Waals surface area (Å²) in [6, 6.07) is 2.98. The van der Waals surface area contributed by atoms with Gasteiger partial charge >= 0.3 is 6.09 Å². The summed E-state index contributed by atoms with van der Waals surface area (Å²) in [5.41, 5.74) is -0.112. The Morgan fingerprint density at radius 3 is 2.66 bits per heavy atom. The summed E-state index contributed by atoms with van der Waals surface area (Å²) in [7, 11) is 1.73. The number of carbonyl (C=O) groups is 1. The third kappa shape index (κ3) is 7.18. The quantitative estimate of drug-likeness (QED) is 0.599. The minimum Gasteiger partial charge on any atom is -0.444 e. The van der Waals surface area contributed by atoms with E-state index in [1.807, 2.05) is 27.7 Å². The Hall–Kier alpha value is -2.38. The van der Waals surface area contributed by atoms with Crippen LogP contribution in [0, 0.1) is 11.7 Å². The minimum absolute atomic E-state index is 0.253. The molecule has 0 unspecified atom stereocenters. The molecule has 0 radical (unpaired) electrons. The van der Waals surface area contributed by atoms with Crippen LogP contribution in [-0.4, -0.2) is 65.7 Å². The van der Waals surface area contributed by atoms with Crippen molar-refractivity contribution in [1.29, 1.82) is 0 Å². The molecule has 8 heteroatoms. The van der Waals surface area contributed by atoms with Crippen molar-refractivity contribution in [2.45, 2.75) is 52.7 Å². The van der Waals surface area contributed by atoms with E-state index in [2.05, 4.69) is 20.2 Å². The molecule has 0 atom stereocenters. The van der Waals surface area contributed by atoms with Gasteiger partial charge in [0.25, 0.3) is 0 Å². The number of halogens is 1. The summed E-state index contributed by atoms with van der Waals surface area (Å²) in [5.74, 6) is 0.842. The number of nitrogens with zero attached hydrogens (tertiary/aromatic N) is 4. The maximum absolute atomic E-state index is 13.8. The fourth-order valence-corrected chi connectivity index (χ4v) is 3.34. The number of nitrogens with one attached hydrogen (secondary N) is 1. The number of piperidine rings is 1. The summed E-state index contributed by atoms with van der Waals surface area (Å²) in [4.78, 5) is 24.7. The Morgan fingerprint density at radius 1 is 1.41 bits per heavy atom. The van der Waals surface area contributed by atoms with Crippen molar-refractivity contribution < 1.29 is 13.9 Å². The summed E-state index contributed by atoms with van der Waals surface area (Å²) in [5, 5.41) is 3.20. The van der Waals surface area contributed by atoms with E-state index in [9.17, 15) is 9.18 Å². The summed E-state index contributed by atoms with van der Waals surface area (Å²) in [6.45, 7) is 10.9. The molecule has 0 bridgehead atoms. The minimum atomic E-state index is -0.487. The second-order valence-corrected chi connectivity index (χ2v) is 8.28. The molecule has 2 rings (SSSR count). The predicted octanol–water partition coefficient (Wildman–Crippen LogP) is 3.27. The molecule has 7 nitrogen and oxygen atoms in total. The maximum Gasteiger partial charge on any atom is 0.410 e. The van der Waals surface area contributed by atoms with Crippen LogP contribution in [0.2, 0.25) is 0 Å². The summed E-state index contributed by atoms with van der Waals surface area (Å²) in [6.07, 6.45) is 3.24. The first kappa shape index (κ1) is 22.9. The van der Waals surface area contributed by atoms with Crippen LogP contribution < -0.4 is 5.32 Å². The second kappa shape index (κ2) is 10.4. The molecule has 1 aromatic heterocycles. The molecule has 0 aromatic carbocycles. The first-order chi connectivity index (χ1) is 13.7. The van der Waals surface area contributed by atoms with Crippen LogP contribution in [0.5, 0.6) is 0 Å². The van der Waals surface area contributed by atoms with Gasteiger partial charge in [-0.25, -0.2) is 9.18 Å². The van der Waals surface area contributed by atoms with Crippen molar-refractivity contribution in [3.05, 3.63) is 29.8 Å². The first-order valence-corrected chi connectivity index (χ1v) is 10.3. The number of carbonyl (C=O) groups excluding carboxylic acids is 1. The van der Waals surface area contributed by atoms with Gasteiger partial charge in [-0.3, -0.25) is 9.98 Å². The third-order valence-corrected chi connectivity index (χ3v) is 4.89. The fraction of sp³-hybridized carbons (Fsp3) is 0.667. The third-order valence-electron chi connectivity index (χ3n) is 4.89.